The molecule has 0 aliphatic heterocycles. The molecule has 0 bridgehead atoms. The standard InChI is InChI=1S/C9H12F3N3/c1-13-7-3-2-4-8(15-7)14-6-5-9(10,11)12/h2-4H,5-6H2,1H3,(H2,13,14,15). The number of hydrogen-bond acceptors (Lipinski definition) is 3. The molecule has 0 saturated heterocycles. The Bertz CT molecular complexity index is 312. The van der Waals surface area contributed by atoms with Gasteiger partial charge in [0.2, 0.25) is 0 Å². The van der Waals surface area contributed by atoms with Crippen molar-refractivity contribution in [2.24, 2.45) is 0 Å². The fourth-order valence-corrected chi connectivity index (χ4v) is 1.00. The average Bonchev–Trinajstić information content (AvgIpc) is 2.16. The highest BCUT2D eigenvalue weighted by atomic mass is 19.4. The maximum Gasteiger partial charge on any atom is 0.390 e. The van der Waals surface area contributed by atoms with Crippen LogP contribution in [-0.2, 0) is 0 Å². The zero-order valence-electron chi connectivity index (χ0n) is 8.23. The first-order chi connectivity index (χ1) is 7.01. The summed E-state index contributed by atoms with van der Waals surface area (Å²) >= 11 is 0. The molecule has 1 heterocycles. The molecule has 0 radical (unpaired) electrons. The number of hydrogen-bond donors (Lipinski definition) is 2. The summed E-state index contributed by atoms with van der Waals surface area (Å²) in [6, 6.07) is 5.07. The van der Waals surface area contributed by atoms with E-state index < -0.39 is 12.6 Å². The first kappa shape index (κ1) is 11.6. The largest absolute Gasteiger partial charge is 0.390 e. The third-order valence-electron chi connectivity index (χ3n) is 1.72. The summed E-state index contributed by atoms with van der Waals surface area (Å²) in [5.41, 5.74) is 0. The molecule has 6 heteroatoms. The Morgan fingerprint density at radius 3 is 2.53 bits per heavy atom. The summed E-state index contributed by atoms with van der Waals surface area (Å²) in [4.78, 5) is 4.02. The lowest BCUT2D eigenvalue weighted by Gasteiger charge is -2.08. The van der Waals surface area contributed by atoms with E-state index in [0.29, 0.717) is 11.6 Å². The molecule has 15 heavy (non-hydrogen) atoms. The van der Waals surface area contributed by atoms with Crippen molar-refractivity contribution in [3.63, 3.8) is 0 Å². The summed E-state index contributed by atoms with van der Waals surface area (Å²) in [5.74, 6) is 1.05. The third kappa shape index (κ3) is 4.53. The first-order valence-corrected chi connectivity index (χ1v) is 4.47. The fraction of sp³-hybridized carbons (Fsp3) is 0.444. The quantitative estimate of drug-likeness (QED) is 0.816. The molecule has 1 rings (SSSR count). The molecule has 0 saturated carbocycles. The van der Waals surface area contributed by atoms with Gasteiger partial charge in [-0.1, -0.05) is 6.07 Å². The van der Waals surface area contributed by atoms with E-state index in [9.17, 15) is 13.2 Å². The van der Waals surface area contributed by atoms with E-state index in [1.807, 2.05) is 0 Å². The van der Waals surface area contributed by atoms with Crippen LogP contribution in [0.5, 0.6) is 0 Å². The predicted octanol–water partition coefficient (Wildman–Crippen LogP) is 2.49. The van der Waals surface area contributed by atoms with E-state index in [-0.39, 0.29) is 6.54 Å². The van der Waals surface area contributed by atoms with Gasteiger partial charge in [-0.3, -0.25) is 0 Å². The normalized spacial score (nSPS) is 11.2. The van der Waals surface area contributed by atoms with E-state index in [1.165, 1.54) is 0 Å². The van der Waals surface area contributed by atoms with Crippen LogP contribution >= 0.6 is 0 Å². The van der Waals surface area contributed by atoms with Crippen molar-refractivity contribution < 1.29 is 13.2 Å². The molecule has 0 fully saturated rings. The molecule has 0 unspecified atom stereocenters. The third-order valence-corrected chi connectivity index (χ3v) is 1.72. The maximum atomic E-state index is 11.8. The van der Waals surface area contributed by atoms with Crippen LogP contribution in [-0.4, -0.2) is 24.8 Å². The molecule has 84 valence electrons. The van der Waals surface area contributed by atoms with Crippen LogP contribution < -0.4 is 10.6 Å². The van der Waals surface area contributed by atoms with Gasteiger partial charge in [-0.05, 0) is 12.1 Å². The van der Waals surface area contributed by atoms with E-state index in [0.717, 1.165) is 0 Å². The van der Waals surface area contributed by atoms with E-state index in [2.05, 4.69) is 15.6 Å². The lowest BCUT2D eigenvalue weighted by molar-refractivity contribution is -0.131. The number of rotatable bonds is 4. The summed E-state index contributed by atoms with van der Waals surface area (Å²) in [6.45, 7) is -0.163. The molecule has 0 aliphatic rings. The molecule has 0 aromatic carbocycles. The van der Waals surface area contributed by atoms with Crippen molar-refractivity contribution in [3.8, 4) is 0 Å². The topological polar surface area (TPSA) is 37.0 Å². The smallest absolute Gasteiger partial charge is 0.373 e. The second kappa shape index (κ2) is 4.86. The molecule has 0 aliphatic carbocycles. The van der Waals surface area contributed by atoms with Crippen LogP contribution in [0.4, 0.5) is 24.8 Å². The minimum atomic E-state index is -4.13. The Morgan fingerprint density at radius 1 is 1.27 bits per heavy atom. The zero-order valence-corrected chi connectivity index (χ0v) is 8.23. The lowest BCUT2D eigenvalue weighted by Crippen LogP contribution is -2.15. The van der Waals surface area contributed by atoms with Crippen LogP contribution in [0.2, 0.25) is 0 Å². The second-order valence-corrected chi connectivity index (χ2v) is 2.95. The molecule has 1 aromatic rings. The summed E-state index contributed by atoms with van der Waals surface area (Å²) in [7, 11) is 1.70. The summed E-state index contributed by atoms with van der Waals surface area (Å²) in [6.07, 6.45) is -4.99. The van der Waals surface area contributed by atoms with Gasteiger partial charge < -0.3 is 10.6 Å². The van der Waals surface area contributed by atoms with Crippen LogP contribution in [0.25, 0.3) is 0 Å². The molecule has 3 nitrogen and oxygen atoms in total. The summed E-state index contributed by atoms with van der Waals surface area (Å²) in [5, 5.41) is 5.41. The highest BCUT2D eigenvalue weighted by Gasteiger charge is 2.26. The molecule has 2 N–H and O–H groups in total. The fourth-order valence-electron chi connectivity index (χ4n) is 1.00. The number of pyridine rings is 1. The number of nitrogens with zero attached hydrogens (tertiary/aromatic N) is 1. The maximum absolute atomic E-state index is 11.8. The number of aromatic nitrogens is 1. The van der Waals surface area contributed by atoms with E-state index >= 15 is 0 Å². The van der Waals surface area contributed by atoms with Gasteiger partial charge in [0.1, 0.15) is 11.6 Å². The van der Waals surface area contributed by atoms with E-state index in [1.54, 1.807) is 25.2 Å². The number of anilines is 2. The van der Waals surface area contributed by atoms with E-state index in [4.69, 9.17) is 0 Å². The Labute approximate surface area is 85.7 Å². The highest BCUT2D eigenvalue weighted by molar-refractivity contribution is 5.44. The van der Waals surface area contributed by atoms with Gasteiger partial charge in [-0.2, -0.15) is 13.2 Å². The average molecular weight is 219 g/mol. The molecule has 0 atom stereocenters. The Balaban J connectivity index is 2.44. The number of nitrogens with one attached hydrogen (secondary N) is 2. The van der Waals surface area contributed by atoms with Crippen LogP contribution in [0, 0.1) is 0 Å². The van der Waals surface area contributed by atoms with Gasteiger partial charge in [-0.15, -0.1) is 0 Å². The van der Waals surface area contributed by atoms with Crippen LogP contribution in [0.3, 0.4) is 0 Å². The number of alkyl halides is 3. The second-order valence-electron chi connectivity index (χ2n) is 2.95. The van der Waals surface area contributed by atoms with Crippen LogP contribution in [0.15, 0.2) is 18.2 Å². The predicted molar refractivity (Wildman–Crippen MR) is 52.9 cm³/mol. The van der Waals surface area contributed by atoms with Gasteiger partial charge in [-0.25, -0.2) is 4.98 Å². The van der Waals surface area contributed by atoms with Crippen molar-refractivity contribution >= 4 is 11.6 Å². The van der Waals surface area contributed by atoms with Gasteiger partial charge in [0.15, 0.2) is 0 Å². The Hall–Kier alpha value is -1.46. The lowest BCUT2D eigenvalue weighted by atomic mass is 10.4. The monoisotopic (exact) mass is 219 g/mol. The van der Waals surface area contributed by atoms with Crippen molar-refractivity contribution in [1.82, 2.24) is 4.98 Å². The molecular weight excluding hydrogens is 207 g/mol. The van der Waals surface area contributed by atoms with Gasteiger partial charge in [0.25, 0.3) is 0 Å². The first-order valence-electron chi connectivity index (χ1n) is 4.47. The minimum Gasteiger partial charge on any atom is -0.373 e. The summed E-state index contributed by atoms with van der Waals surface area (Å²) < 4.78 is 35.5. The van der Waals surface area contributed by atoms with Gasteiger partial charge in [0.05, 0.1) is 6.42 Å². The molecular formula is C9H12F3N3. The number of halogens is 3. The van der Waals surface area contributed by atoms with Crippen molar-refractivity contribution in [2.75, 3.05) is 24.2 Å². The van der Waals surface area contributed by atoms with Crippen molar-refractivity contribution in [3.05, 3.63) is 18.2 Å². The molecule has 0 spiro atoms. The van der Waals surface area contributed by atoms with Crippen molar-refractivity contribution in [2.45, 2.75) is 12.6 Å². The van der Waals surface area contributed by atoms with Gasteiger partial charge in [0, 0.05) is 13.6 Å². The van der Waals surface area contributed by atoms with Crippen LogP contribution in [0.1, 0.15) is 6.42 Å². The zero-order chi connectivity index (χ0) is 11.3. The van der Waals surface area contributed by atoms with Crippen molar-refractivity contribution in [1.29, 1.82) is 0 Å². The minimum absolute atomic E-state index is 0.163. The van der Waals surface area contributed by atoms with Gasteiger partial charge >= 0.3 is 6.18 Å². The molecule has 1 aromatic heterocycles. The Kier molecular flexibility index (Phi) is 3.76. The Morgan fingerprint density at radius 2 is 1.93 bits per heavy atom. The SMILES string of the molecule is CNc1cccc(NCCC(F)(F)F)n1. The molecule has 0 amide bonds. The highest BCUT2D eigenvalue weighted by Crippen LogP contribution is 2.19.